The molecule has 0 aliphatic rings. The molecular weight excluding hydrogens is 532 g/mol. The van der Waals surface area contributed by atoms with Crippen molar-refractivity contribution >= 4 is 0 Å². The Bertz CT molecular complexity index is 5.51. The zero-order chi connectivity index (χ0) is 0. The third-order valence-corrected chi connectivity index (χ3v) is 0. The fourth-order valence-corrected chi connectivity index (χ4v) is 0. The molecule has 0 amide bonds. The molecule has 0 nitrogen and oxygen atoms in total. The van der Waals surface area contributed by atoms with Crippen LogP contribution < -0.4 is 49.6 Å². The van der Waals surface area contributed by atoms with E-state index in [-0.39, 0.29) is 91.8 Å². The van der Waals surface area contributed by atoms with Crippen LogP contribution in [0.2, 0.25) is 0 Å². The molecule has 0 saturated heterocycles. The maximum absolute atomic E-state index is 0. The standard InChI is InChI=1S/4ClH.2Pt/h4*1H;;/q;;;;2*+2/p-4. The number of hydrogen-bond acceptors (Lipinski definition) is 0. The van der Waals surface area contributed by atoms with Crippen LogP contribution in [0.15, 0.2) is 0 Å². The SMILES string of the molecule is [Cl-].[Cl-].[Cl-].[Cl-].[Pt+2].[Pt+2]. The summed E-state index contributed by atoms with van der Waals surface area (Å²) in [4.78, 5) is 0. The summed E-state index contributed by atoms with van der Waals surface area (Å²) in [6, 6.07) is 0. The molecule has 0 radical (unpaired) electrons. The summed E-state index contributed by atoms with van der Waals surface area (Å²) in [6.07, 6.45) is 0. The van der Waals surface area contributed by atoms with Crippen LogP contribution in [0.3, 0.4) is 0 Å². The van der Waals surface area contributed by atoms with Crippen LogP contribution in [0, 0.1) is 0 Å². The molecule has 6 heteroatoms. The Labute approximate surface area is 90.8 Å². The summed E-state index contributed by atoms with van der Waals surface area (Å²) in [7, 11) is 0. The molecule has 48 valence electrons. The van der Waals surface area contributed by atoms with Gasteiger partial charge in [-0.2, -0.15) is 0 Å². The minimum Gasteiger partial charge on any atom is -1.00 e. The molecule has 0 aromatic carbocycles. The topological polar surface area (TPSA) is 0 Å². The van der Waals surface area contributed by atoms with Crippen molar-refractivity contribution in [3.05, 3.63) is 0 Å². The molecule has 6 heavy (non-hydrogen) atoms. The fourth-order valence-electron chi connectivity index (χ4n) is 0. The van der Waals surface area contributed by atoms with E-state index in [0.717, 1.165) is 0 Å². The van der Waals surface area contributed by atoms with Crippen LogP contribution in [0.1, 0.15) is 0 Å². The summed E-state index contributed by atoms with van der Waals surface area (Å²) >= 11 is 0. The van der Waals surface area contributed by atoms with E-state index < -0.39 is 0 Å². The van der Waals surface area contributed by atoms with Crippen molar-refractivity contribution in [1.82, 2.24) is 0 Å². The minimum atomic E-state index is 0. The Balaban J connectivity index is 0. The number of halogens is 4. The van der Waals surface area contributed by atoms with Gasteiger partial charge in [-0.15, -0.1) is 0 Å². The van der Waals surface area contributed by atoms with Crippen molar-refractivity contribution in [3.63, 3.8) is 0 Å². The van der Waals surface area contributed by atoms with Gasteiger partial charge in [0.25, 0.3) is 0 Å². The zero-order valence-electron chi connectivity index (χ0n) is 2.14. The van der Waals surface area contributed by atoms with Gasteiger partial charge in [-0.05, 0) is 0 Å². The van der Waals surface area contributed by atoms with E-state index >= 15 is 0 Å². The molecule has 0 aromatic heterocycles. The summed E-state index contributed by atoms with van der Waals surface area (Å²) in [5, 5.41) is 0. The summed E-state index contributed by atoms with van der Waals surface area (Å²) in [5.41, 5.74) is 0. The minimum absolute atomic E-state index is 0. The van der Waals surface area contributed by atoms with Crippen LogP contribution in [0.5, 0.6) is 0 Å². The Kier molecular flexibility index (Phi) is 629. The van der Waals surface area contributed by atoms with E-state index in [2.05, 4.69) is 0 Å². The van der Waals surface area contributed by atoms with Crippen molar-refractivity contribution in [3.8, 4) is 0 Å². The van der Waals surface area contributed by atoms with E-state index in [1.807, 2.05) is 0 Å². The van der Waals surface area contributed by atoms with Crippen molar-refractivity contribution in [1.29, 1.82) is 0 Å². The molecule has 0 aliphatic heterocycles. The molecule has 0 atom stereocenters. The van der Waals surface area contributed by atoms with Gasteiger partial charge in [-0.25, -0.2) is 0 Å². The van der Waals surface area contributed by atoms with Crippen LogP contribution in [-0.2, 0) is 42.1 Å². The fraction of sp³-hybridized carbons (Fsp3) is 0. The quantitative estimate of drug-likeness (QED) is 0.291. The molecular formula is Cl4Pt2. The molecule has 0 spiro atoms. The molecule has 0 bridgehead atoms. The smallest absolute Gasteiger partial charge is 1.00 e. The van der Waals surface area contributed by atoms with E-state index in [9.17, 15) is 0 Å². The first kappa shape index (κ1) is 75.4. The second-order valence-corrected chi connectivity index (χ2v) is 0. The maximum Gasteiger partial charge on any atom is 2.00 e. The number of rotatable bonds is 0. The van der Waals surface area contributed by atoms with Gasteiger partial charge in [-0.1, -0.05) is 0 Å². The molecule has 0 unspecified atom stereocenters. The van der Waals surface area contributed by atoms with Gasteiger partial charge in [0.15, 0.2) is 0 Å². The molecule has 0 heterocycles. The normalized spacial score (nSPS) is 0. The van der Waals surface area contributed by atoms with Crippen LogP contribution in [-0.4, -0.2) is 0 Å². The predicted octanol–water partition coefficient (Wildman–Crippen LogP) is -12.0. The molecule has 0 N–H and O–H groups in total. The van der Waals surface area contributed by atoms with Gasteiger partial charge >= 0.3 is 42.1 Å². The second kappa shape index (κ2) is 50.0. The van der Waals surface area contributed by atoms with E-state index in [0.29, 0.717) is 0 Å². The Morgan fingerprint density at radius 1 is 0.333 bits per heavy atom. The average molecular weight is 532 g/mol. The van der Waals surface area contributed by atoms with Gasteiger partial charge in [0.2, 0.25) is 0 Å². The zero-order valence-corrected chi connectivity index (χ0v) is 9.71. The molecule has 0 aliphatic carbocycles. The average Bonchev–Trinajstić information content (AvgIpc) is 0. The Morgan fingerprint density at radius 3 is 0.333 bits per heavy atom. The maximum atomic E-state index is 0. The van der Waals surface area contributed by atoms with Crippen LogP contribution >= 0.6 is 0 Å². The first-order valence-electron chi connectivity index (χ1n) is 0. The van der Waals surface area contributed by atoms with E-state index in [1.165, 1.54) is 0 Å². The first-order valence-corrected chi connectivity index (χ1v) is 0. The monoisotopic (exact) mass is 530 g/mol. The van der Waals surface area contributed by atoms with Crippen molar-refractivity contribution in [2.45, 2.75) is 0 Å². The predicted molar refractivity (Wildman–Crippen MR) is 0 cm³/mol. The number of hydrogen-bond donors (Lipinski definition) is 0. The summed E-state index contributed by atoms with van der Waals surface area (Å²) in [5.74, 6) is 0. The van der Waals surface area contributed by atoms with E-state index in [1.54, 1.807) is 0 Å². The second-order valence-electron chi connectivity index (χ2n) is 0. The Morgan fingerprint density at radius 2 is 0.333 bits per heavy atom. The van der Waals surface area contributed by atoms with Gasteiger partial charge < -0.3 is 49.6 Å². The van der Waals surface area contributed by atoms with Gasteiger partial charge in [0.1, 0.15) is 0 Å². The molecule has 0 fully saturated rings. The van der Waals surface area contributed by atoms with Crippen LogP contribution in [0.25, 0.3) is 0 Å². The van der Waals surface area contributed by atoms with E-state index in [4.69, 9.17) is 0 Å². The van der Waals surface area contributed by atoms with Crippen LogP contribution in [0.4, 0.5) is 0 Å². The van der Waals surface area contributed by atoms with Gasteiger partial charge in [0.05, 0.1) is 0 Å². The molecule has 0 rings (SSSR count). The largest absolute Gasteiger partial charge is 2.00 e. The van der Waals surface area contributed by atoms with Gasteiger partial charge in [0, 0.05) is 0 Å². The Hall–Kier alpha value is 2.54. The van der Waals surface area contributed by atoms with Crippen molar-refractivity contribution in [2.24, 2.45) is 0 Å². The van der Waals surface area contributed by atoms with Gasteiger partial charge in [-0.3, -0.25) is 0 Å². The summed E-state index contributed by atoms with van der Waals surface area (Å²) < 4.78 is 0. The molecule has 0 aromatic rings. The first-order chi connectivity index (χ1) is 0. The van der Waals surface area contributed by atoms with Crippen molar-refractivity contribution in [2.75, 3.05) is 0 Å². The third-order valence-electron chi connectivity index (χ3n) is 0. The third kappa shape index (κ3) is 31.1. The molecule has 0 saturated carbocycles. The summed E-state index contributed by atoms with van der Waals surface area (Å²) in [6.45, 7) is 0. The van der Waals surface area contributed by atoms with Crippen molar-refractivity contribution < 1.29 is 91.8 Å².